The summed E-state index contributed by atoms with van der Waals surface area (Å²) in [4.78, 5) is 0. The molecule has 1 aromatic carbocycles. The molecule has 0 fully saturated rings. The first-order chi connectivity index (χ1) is 7.62. The van der Waals surface area contributed by atoms with Gasteiger partial charge in [0.15, 0.2) is 11.5 Å². The Labute approximate surface area is 99.9 Å². The maximum Gasteiger partial charge on any atom is 0.164 e. The fourth-order valence-electron chi connectivity index (χ4n) is 1.50. The van der Waals surface area contributed by atoms with Crippen LogP contribution in [0.1, 0.15) is 5.56 Å². The third-order valence-corrected chi connectivity index (χ3v) is 2.46. The zero-order valence-electron chi connectivity index (χ0n) is 9.37. The molecule has 0 aliphatic carbocycles. The molecule has 3 N–H and O–H groups in total. The number of aliphatic hydroxyl groups excluding tert-OH is 1. The Morgan fingerprint density at radius 2 is 2.06 bits per heavy atom. The molecule has 0 saturated carbocycles. The monoisotopic (exact) mass is 245 g/mol. The van der Waals surface area contributed by atoms with Crippen molar-refractivity contribution in [1.82, 2.24) is 0 Å². The molecule has 0 heterocycles. The lowest BCUT2D eigenvalue weighted by atomic mass is 10.1. The van der Waals surface area contributed by atoms with Crippen molar-refractivity contribution < 1.29 is 14.6 Å². The summed E-state index contributed by atoms with van der Waals surface area (Å²) in [5, 5.41) is 9.48. The van der Waals surface area contributed by atoms with Gasteiger partial charge < -0.3 is 20.3 Å². The number of rotatable bonds is 5. The van der Waals surface area contributed by atoms with Gasteiger partial charge in [-0.3, -0.25) is 0 Å². The van der Waals surface area contributed by atoms with Gasteiger partial charge >= 0.3 is 0 Å². The molecule has 1 aromatic rings. The lowest BCUT2D eigenvalue weighted by molar-refractivity contribution is 0.264. The second-order valence-electron chi connectivity index (χ2n) is 3.45. The molecule has 4 nitrogen and oxygen atoms in total. The lowest BCUT2D eigenvalue weighted by Crippen LogP contribution is -2.27. The second-order valence-corrected chi connectivity index (χ2v) is 3.88. The highest BCUT2D eigenvalue weighted by Crippen LogP contribution is 2.34. The quantitative estimate of drug-likeness (QED) is 0.819. The molecule has 90 valence electrons. The van der Waals surface area contributed by atoms with E-state index in [1.54, 1.807) is 26.4 Å². The van der Waals surface area contributed by atoms with E-state index < -0.39 is 0 Å². The van der Waals surface area contributed by atoms with Crippen LogP contribution in [0.25, 0.3) is 0 Å². The zero-order valence-corrected chi connectivity index (χ0v) is 10.1. The largest absolute Gasteiger partial charge is 0.493 e. The molecule has 0 radical (unpaired) electrons. The van der Waals surface area contributed by atoms with Crippen LogP contribution in [-0.4, -0.2) is 32.0 Å². The maximum atomic E-state index is 8.93. The van der Waals surface area contributed by atoms with Crippen molar-refractivity contribution >= 4 is 11.6 Å². The van der Waals surface area contributed by atoms with E-state index in [4.69, 9.17) is 31.9 Å². The fourth-order valence-corrected chi connectivity index (χ4v) is 1.74. The van der Waals surface area contributed by atoms with E-state index >= 15 is 0 Å². The van der Waals surface area contributed by atoms with Crippen LogP contribution in [0, 0.1) is 0 Å². The van der Waals surface area contributed by atoms with Gasteiger partial charge in [0.25, 0.3) is 0 Å². The number of nitrogens with two attached hydrogens (primary N) is 1. The van der Waals surface area contributed by atoms with Gasteiger partial charge in [0.05, 0.1) is 20.8 Å². The number of hydrogen-bond donors (Lipinski definition) is 2. The summed E-state index contributed by atoms with van der Waals surface area (Å²) in [6, 6.07) is 3.10. The van der Waals surface area contributed by atoms with Gasteiger partial charge in [-0.05, 0) is 12.5 Å². The molecule has 0 aliphatic heterocycles. The lowest BCUT2D eigenvalue weighted by Gasteiger charge is -2.15. The van der Waals surface area contributed by atoms with Crippen LogP contribution in [0.5, 0.6) is 11.5 Å². The first kappa shape index (κ1) is 13.1. The van der Waals surface area contributed by atoms with E-state index in [-0.39, 0.29) is 12.6 Å². The van der Waals surface area contributed by atoms with Crippen LogP contribution in [0.15, 0.2) is 12.1 Å². The van der Waals surface area contributed by atoms with Crippen LogP contribution >= 0.6 is 11.6 Å². The molecular formula is C11H16ClNO3. The number of halogens is 1. The highest BCUT2D eigenvalue weighted by Gasteiger charge is 2.14. The molecule has 5 heteroatoms. The van der Waals surface area contributed by atoms with Gasteiger partial charge in [-0.2, -0.15) is 0 Å². The molecular weight excluding hydrogens is 230 g/mol. The Hall–Kier alpha value is -0.970. The highest BCUT2D eigenvalue weighted by atomic mass is 35.5. The van der Waals surface area contributed by atoms with Gasteiger partial charge in [0.2, 0.25) is 0 Å². The summed E-state index contributed by atoms with van der Waals surface area (Å²) in [5.74, 6) is 1.17. The van der Waals surface area contributed by atoms with E-state index in [1.165, 1.54) is 0 Å². The van der Waals surface area contributed by atoms with Crippen molar-refractivity contribution in [3.63, 3.8) is 0 Å². The number of methoxy groups -OCH3 is 2. The standard InChI is InChI=1S/C11H16ClNO3/c1-15-10-5-8(12)3-7(11(10)16-2)4-9(13)6-14/h3,5,9,14H,4,6,13H2,1-2H3. The first-order valence-corrected chi connectivity index (χ1v) is 5.27. The topological polar surface area (TPSA) is 64.7 Å². The van der Waals surface area contributed by atoms with Crippen LogP contribution in [0.2, 0.25) is 5.02 Å². The van der Waals surface area contributed by atoms with E-state index in [0.717, 1.165) is 5.56 Å². The molecule has 16 heavy (non-hydrogen) atoms. The maximum absolute atomic E-state index is 8.93. The predicted octanol–water partition coefficient (Wildman–Crippen LogP) is 1.22. The summed E-state index contributed by atoms with van der Waals surface area (Å²) in [6.07, 6.45) is 0.483. The molecule has 0 bridgehead atoms. The summed E-state index contributed by atoms with van der Waals surface area (Å²) in [5.41, 5.74) is 6.51. The van der Waals surface area contributed by atoms with Gasteiger partial charge in [-0.25, -0.2) is 0 Å². The molecule has 0 spiro atoms. The van der Waals surface area contributed by atoms with Crippen LogP contribution in [0.3, 0.4) is 0 Å². The summed E-state index contributed by atoms with van der Waals surface area (Å²) in [7, 11) is 3.10. The van der Waals surface area contributed by atoms with Crippen molar-refractivity contribution in [2.75, 3.05) is 20.8 Å². The van der Waals surface area contributed by atoms with Crippen molar-refractivity contribution in [3.8, 4) is 11.5 Å². The minimum Gasteiger partial charge on any atom is -0.493 e. The zero-order chi connectivity index (χ0) is 12.1. The predicted molar refractivity (Wildman–Crippen MR) is 63.3 cm³/mol. The van der Waals surface area contributed by atoms with Crippen molar-refractivity contribution in [1.29, 1.82) is 0 Å². The van der Waals surface area contributed by atoms with Crippen molar-refractivity contribution in [2.24, 2.45) is 5.73 Å². The molecule has 1 rings (SSSR count). The number of ether oxygens (including phenoxy) is 2. The van der Waals surface area contributed by atoms with E-state index in [1.807, 2.05) is 0 Å². The van der Waals surface area contributed by atoms with Crippen LogP contribution in [-0.2, 0) is 6.42 Å². The number of aliphatic hydroxyl groups is 1. The highest BCUT2D eigenvalue weighted by molar-refractivity contribution is 6.30. The first-order valence-electron chi connectivity index (χ1n) is 4.89. The number of benzene rings is 1. The van der Waals surface area contributed by atoms with Gasteiger partial charge in [0.1, 0.15) is 0 Å². The third kappa shape index (κ3) is 3.01. The minimum absolute atomic E-state index is 0.0853. The Morgan fingerprint density at radius 3 is 2.56 bits per heavy atom. The fraction of sp³-hybridized carbons (Fsp3) is 0.455. The minimum atomic E-state index is -0.336. The van der Waals surface area contributed by atoms with Crippen molar-refractivity contribution in [2.45, 2.75) is 12.5 Å². The molecule has 1 atom stereocenters. The van der Waals surface area contributed by atoms with Gasteiger partial charge in [-0.15, -0.1) is 0 Å². The van der Waals surface area contributed by atoms with Crippen molar-refractivity contribution in [3.05, 3.63) is 22.7 Å². The SMILES string of the molecule is COc1cc(Cl)cc(CC(N)CO)c1OC. The molecule has 0 aliphatic rings. The smallest absolute Gasteiger partial charge is 0.164 e. The molecule has 0 aromatic heterocycles. The summed E-state index contributed by atoms with van der Waals surface area (Å²) in [6.45, 7) is -0.0853. The molecule has 1 unspecified atom stereocenters. The average Bonchev–Trinajstić information content (AvgIpc) is 2.28. The third-order valence-electron chi connectivity index (χ3n) is 2.24. The Kier molecular flexibility index (Phi) is 4.86. The number of hydrogen-bond acceptors (Lipinski definition) is 4. The van der Waals surface area contributed by atoms with E-state index in [9.17, 15) is 0 Å². The van der Waals surface area contributed by atoms with Crippen LogP contribution < -0.4 is 15.2 Å². The second kappa shape index (κ2) is 5.94. The van der Waals surface area contributed by atoms with E-state index in [0.29, 0.717) is 22.9 Å². The van der Waals surface area contributed by atoms with Gasteiger partial charge in [-0.1, -0.05) is 11.6 Å². The Bertz CT molecular complexity index is 357. The summed E-state index contributed by atoms with van der Waals surface area (Å²) < 4.78 is 10.4. The Morgan fingerprint density at radius 1 is 1.38 bits per heavy atom. The average molecular weight is 246 g/mol. The molecule has 0 saturated heterocycles. The summed E-state index contributed by atoms with van der Waals surface area (Å²) >= 11 is 5.95. The van der Waals surface area contributed by atoms with E-state index in [2.05, 4.69) is 0 Å². The normalized spacial score (nSPS) is 12.3. The Balaban J connectivity index is 3.09. The molecule has 0 amide bonds. The van der Waals surface area contributed by atoms with Crippen LogP contribution in [0.4, 0.5) is 0 Å². The van der Waals surface area contributed by atoms with Gasteiger partial charge in [0, 0.05) is 22.7 Å².